The SMILES string of the molecule is CCNC(=S)Nc1ccc2ncc(Nc3ccc(O)c(OC)c3)nc2n1. The van der Waals surface area contributed by atoms with E-state index >= 15 is 0 Å². The molecule has 0 aliphatic carbocycles. The van der Waals surface area contributed by atoms with Crippen LogP contribution in [0.1, 0.15) is 6.92 Å². The van der Waals surface area contributed by atoms with Crippen molar-refractivity contribution < 1.29 is 9.84 Å². The number of rotatable bonds is 5. The first-order valence-electron chi connectivity index (χ1n) is 7.91. The number of nitrogens with zero attached hydrogens (tertiary/aromatic N) is 3. The number of pyridine rings is 1. The maximum atomic E-state index is 9.67. The van der Waals surface area contributed by atoms with E-state index in [1.165, 1.54) is 13.2 Å². The zero-order valence-corrected chi connectivity index (χ0v) is 15.1. The Morgan fingerprint density at radius 2 is 2.00 bits per heavy atom. The molecule has 0 saturated carbocycles. The first kappa shape index (κ1) is 17.6. The molecular weight excluding hydrogens is 352 g/mol. The highest BCUT2D eigenvalue weighted by Gasteiger charge is 2.07. The number of hydrogen-bond donors (Lipinski definition) is 4. The topological polar surface area (TPSA) is 104 Å². The van der Waals surface area contributed by atoms with E-state index < -0.39 is 0 Å². The van der Waals surface area contributed by atoms with E-state index in [0.29, 0.717) is 39.3 Å². The van der Waals surface area contributed by atoms with E-state index in [4.69, 9.17) is 17.0 Å². The summed E-state index contributed by atoms with van der Waals surface area (Å²) in [4.78, 5) is 13.3. The van der Waals surface area contributed by atoms with Crippen molar-refractivity contribution in [1.82, 2.24) is 20.3 Å². The van der Waals surface area contributed by atoms with Crippen LogP contribution in [0, 0.1) is 0 Å². The molecule has 0 bridgehead atoms. The summed E-state index contributed by atoms with van der Waals surface area (Å²) in [6.45, 7) is 2.69. The molecule has 4 N–H and O–H groups in total. The van der Waals surface area contributed by atoms with Crippen LogP contribution < -0.4 is 20.7 Å². The number of aromatic nitrogens is 3. The number of benzene rings is 1. The predicted molar refractivity (Wildman–Crippen MR) is 105 cm³/mol. The van der Waals surface area contributed by atoms with Crippen molar-refractivity contribution in [3.8, 4) is 11.5 Å². The number of aromatic hydroxyl groups is 1. The van der Waals surface area contributed by atoms with E-state index in [2.05, 4.69) is 30.9 Å². The zero-order chi connectivity index (χ0) is 18.5. The third-order valence-electron chi connectivity index (χ3n) is 3.44. The van der Waals surface area contributed by atoms with E-state index in [-0.39, 0.29) is 5.75 Å². The summed E-state index contributed by atoms with van der Waals surface area (Å²) in [7, 11) is 1.49. The number of fused-ring (bicyclic) bond motifs is 1. The lowest BCUT2D eigenvalue weighted by Gasteiger charge is -2.10. The molecule has 3 aromatic rings. The van der Waals surface area contributed by atoms with E-state index in [0.717, 1.165) is 6.54 Å². The molecule has 3 rings (SSSR count). The first-order valence-corrected chi connectivity index (χ1v) is 8.32. The molecule has 0 unspecified atom stereocenters. The van der Waals surface area contributed by atoms with Gasteiger partial charge in [-0.25, -0.2) is 15.0 Å². The highest BCUT2D eigenvalue weighted by molar-refractivity contribution is 7.80. The molecule has 0 amide bonds. The number of nitrogens with one attached hydrogen (secondary N) is 3. The molecule has 8 nitrogen and oxygen atoms in total. The highest BCUT2D eigenvalue weighted by atomic mass is 32.1. The van der Waals surface area contributed by atoms with Gasteiger partial charge in [-0.3, -0.25) is 0 Å². The number of phenols is 1. The molecule has 1 aromatic carbocycles. The van der Waals surface area contributed by atoms with Gasteiger partial charge in [0.15, 0.2) is 28.1 Å². The van der Waals surface area contributed by atoms with Gasteiger partial charge in [0.2, 0.25) is 0 Å². The summed E-state index contributed by atoms with van der Waals surface area (Å²) in [5.74, 6) is 1.53. The molecule has 0 atom stereocenters. The minimum absolute atomic E-state index is 0.0664. The molecule has 2 heterocycles. The Bertz CT molecular complexity index is 950. The molecule has 2 aromatic heterocycles. The summed E-state index contributed by atoms with van der Waals surface area (Å²) in [6.07, 6.45) is 1.61. The Hall–Kier alpha value is -3.20. The minimum Gasteiger partial charge on any atom is -0.504 e. The van der Waals surface area contributed by atoms with Crippen LogP contribution in [0.3, 0.4) is 0 Å². The molecule has 134 valence electrons. The second-order valence-electron chi connectivity index (χ2n) is 5.29. The van der Waals surface area contributed by atoms with Gasteiger partial charge >= 0.3 is 0 Å². The lowest BCUT2D eigenvalue weighted by Crippen LogP contribution is -2.28. The predicted octanol–water partition coefficient (Wildman–Crippen LogP) is 2.79. The summed E-state index contributed by atoms with van der Waals surface area (Å²) >= 11 is 5.16. The van der Waals surface area contributed by atoms with E-state index in [9.17, 15) is 5.11 Å². The van der Waals surface area contributed by atoms with Crippen LogP contribution in [-0.2, 0) is 0 Å². The largest absolute Gasteiger partial charge is 0.504 e. The fraction of sp³-hybridized carbons (Fsp3) is 0.176. The van der Waals surface area contributed by atoms with Gasteiger partial charge < -0.3 is 25.8 Å². The van der Waals surface area contributed by atoms with Gasteiger partial charge in [-0.2, -0.15) is 0 Å². The molecule has 0 spiro atoms. The van der Waals surface area contributed by atoms with Gasteiger partial charge in [0, 0.05) is 18.3 Å². The number of phenolic OH excluding ortho intramolecular Hbond substituents is 1. The Morgan fingerprint density at radius 3 is 2.77 bits per heavy atom. The average molecular weight is 370 g/mol. The Kier molecular flexibility index (Phi) is 5.28. The van der Waals surface area contributed by atoms with E-state index in [1.807, 2.05) is 13.0 Å². The van der Waals surface area contributed by atoms with Gasteiger partial charge in [0.05, 0.1) is 13.3 Å². The van der Waals surface area contributed by atoms with Crippen molar-refractivity contribution in [2.75, 3.05) is 24.3 Å². The molecule has 26 heavy (non-hydrogen) atoms. The summed E-state index contributed by atoms with van der Waals surface area (Å²) in [5.41, 5.74) is 1.85. The number of ether oxygens (including phenoxy) is 1. The van der Waals surface area contributed by atoms with Gasteiger partial charge in [-0.1, -0.05) is 0 Å². The zero-order valence-electron chi connectivity index (χ0n) is 14.3. The highest BCUT2D eigenvalue weighted by Crippen LogP contribution is 2.29. The molecular formula is C17H18N6O2S. The van der Waals surface area contributed by atoms with Gasteiger partial charge in [-0.15, -0.1) is 0 Å². The van der Waals surface area contributed by atoms with Crippen LogP contribution in [-0.4, -0.2) is 38.8 Å². The normalized spacial score (nSPS) is 10.4. The smallest absolute Gasteiger partial charge is 0.182 e. The van der Waals surface area contributed by atoms with Crippen LogP contribution in [0.5, 0.6) is 11.5 Å². The van der Waals surface area contributed by atoms with Gasteiger partial charge in [0.1, 0.15) is 11.3 Å². The third kappa shape index (κ3) is 4.06. The van der Waals surface area contributed by atoms with Gasteiger partial charge in [-0.05, 0) is 43.4 Å². The number of anilines is 3. The fourth-order valence-electron chi connectivity index (χ4n) is 2.25. The molecule has 0 saturated heterocycles. The Labute approximate surface area is 155 Å². The average Bonchev–Trinajstić information content (AvgIpc) is 2.63. The maximum Gasteiger partial charge on any atom is 0.182 e. The summed E-state index contributed by atoms with van der Waals surface area (Å²) in [6, 6.07) is 8.53. The van der Waals surface area contributed by atoms with Gasteiger partial charge in [0.25, 0.3) is 0 Å². The Morgan fingerprint density at radius 1 is 1.19 bits per heavy atom. The lowest BCUT2D eigenvalue weighted by atomic mass is 10.2. The lowest BCUT2D eigenvalue weighted by molar-refractivity contribution is 0.374. The quantitative estimate of drug-likeness (QED) is 0.398. The third-order valence-corrected chi connectivity index (χ3v) is 3.68. The first-order chi connectivity index (χ1) is 12.6. The van der Waals surface area contributed by atoms with Crippen LogP contribution in [0.15, 0.2) is 36.5 Å². The minimum atomic E-state index is 0.0664. The van der Waals surface area contributed by atoms with Crippen molar-refractivity contribution in [3.63, 3.8) is 0 Å². The summed E-state index contributed by atoms with van der Waals surface area (Å²) < 4.78 is 5.10. The maximum absolute atomic E-state index is 9.67. The van der Waals surface area contributed by atoms with Crippen LogP contribution in [0.25, 0.3) is 11.2 Å². The molecule has 0 radical (unpaired) electrons. The van der Waals surface area contributed by atoms with Crippen molar-refractivity contribution in [3.05, 3.63) is 36.5 Å². The van der Waals surface area contributed by atoms with Crippen molar-refractivity contribution in [1.29, 1.82) is 0 Å². The standard InChI is InChI=1S/C17H18N6O2S/c1-3-18-17(26)23-14-7-5-11-16(21-14)22-15(9-19-11)20-10-4-6-12(24)13(8-10)25-2/h4-9,24H,3H2,1-2H3,(H3,18,20,21,22,23,26). The van der Waals surface area contributed by atoms with Crippen LogP contribution in [0.2, 0.25) is 0 Å². The second kappa shape index (κ2) is 7.79. The fourth-order valence-corrected chi connectivity index (χ4v) is 2.50. The molecule has 0 aliphatic rings. The van der Waals surface area contributed by atoms with Crippen LogP contribution in [0.4, 0.5) is 17.3 Å². The molecule has 0 fully saturated rings. The van der Waals surface area contributed by atoms with Crippen LogP contribution >= 0.6 is 12.2 Å². The summed E-state index contributed by atoms with van der Waals surface area (Å²) in [5, 5.41) is 19.3. The Balaban J connectivity index is 1.84. The second-order valence-corrected chi connectivity index (χ2v) is 5.70. The van der Waals surface area contributed by atoms with Crippen molar-refractivity contribution in [2.45, 2.75) is 6.92 Å². The monoisotopic (exact) mass is 370 g/mol. The van der Waals surface area contributed by atoms with E-state index in [1.54, 1.807) is 24.4 Å². The number of hydrogen-bond acceptors (Lipinski definition) is 7. The van der Waals surface area contributed by atoms with Crippen molar-refractivity contribution in [2.24, 2.45) is 0 Å². The van der Waals surface area contributed by atoms with Crippen molar-refractivity contribution >= 4 is 45.8 Å². The number of methoxy groups -OCH3 is 1. The molecule has 9 heteroatoms. The molecule has 0 aliphatic heterocycles. The number of thiocarbonyl (C=S) groups is 1.